The third-order valence-electron chi connectivity index (χ3n) is 5.50. The summed E-state index contributed by atoms with van der Waals surface area (Å²) in [6, 6.07) is 20.5. The van der Waals surface area contributed by atoms with Gasteiger partial charge in [0.05, 0.1) is 11.1 Å². The lowest BCUT2D eigenvalue weighted by atomic mass is 10.1. The van der Waals surface area contributed by atoms with Gasteiger partial charge >= 0.3 is 17.9 Å². The molecule has 3 aromatic rings. The van der Waals surface area contributed by atoms with Crippen molar-refractivity contribution in [3.8, 4) is 0 Å². The number of carbonyl (C=O) groups is 6. The van der Waals surface area contributed by atoms with Crippen LogP contribution in [0.4, 0.5) is 5.69 Å². The Morgan fingerprint density at radius 3 is 1.56 bits per heavy atom. The fraction of sp³-hybridized carbons (Fsp3) is 0.172. The van der Waals surface area contributed by atoms with Gasteiger partial charge in [0.2, 0.25) is 18.1 Å². The van der Waals surface area contributed by atoms with E-state index in [2.05, 4.69) is 10.7 Å². The Morgan fingerprint density at radius 2 is 1.10 bits per heavy atom. The summed E-state index contributed by atoms with van der Waals surface area (Å²) in [5.74, 6) is -6.48. The monoisotopic (exact) mass is 561 g/mol. The molecule has 41 heavy (non-hydrogen) atoms. The van der Waals surface area contributed by atoms with E-state index in [1.165, 1.54) is 72.8 Å². The van der Waals surface area contributed by atoms with Gasteiger partial charge < -0.3 is 19.9 Å². The lowest BCUT2D eigenvalue weighted by Crippen LogP contribution is -2.54. The molecule has 0 saturated carbocycles. The highest BCUT2D eigenvalue weighted by molar-refractivity contribution is 5.99. The number of amides is 3. The number of anilines is 1. The number of hydrazine groups is 1. The molecule has 0 aliphatic rings. The number of ether oxygens (including phenoxy) is 2. The molecule has 3 aromatic carbocycles. The standard InChI is InChI=1S/C29H27N3O9/c1-17(2)24(33)30-21-15-13-18(14-16-21)25(34)31-32-26(35)22(40-28(38)19-9-5-3-6-10-19)23(27(36)37)41-29(39)20-11-7-4-8-12-20/h3-17,22-23H,1-2H3,(H,30,33)(H,31,34)(H,32,35)(H,36,37)/t22-,23+/m1/s1. The molecule has 0 aliphatic heterocycles. The van der Waals surface area contributed by atoms with Crippen molar-refractivity contribution < 1.29 is 43.3 Å². The van der Waals surface area contributed by atoms with Crippen LogP contribution in [0.5, 0.6) is 0 Å². The minimum Gasteiger partial charge on any atom is -0.478 e. The molecule has 0 aromatic heterocycles. The fourth-order valence-electron chi connectivity index (χ4n) is 3.26. The van der Waals surface area contributed by atoms with Gasteiger partial charge in [0.1, 0.15) is 0 Å². The summed E-state index contributed by atoms with van der Waals surface area (Å²) in [4.78, 5) is 74.8. The van der Waals surface area contributed by atoms with E-state index >= 15 is 0 Å². The minimum absolute atomic E-state index is 0.00231. The maximum Gasteiger partial charge on any atom is 0.349 e. The Hall–Kier alpha value is -5.52. The first-order valence-corrected chi connectivity index (χ1v) is 12.3. The van der Waals surface area contributed by atoms with Crippen LogP contribution in [-0.4, -0.2) is 52.9 Å². The summed E-state index contributed by atoms with van der Waals surface area (Å²) in [5, 5.41) is 12.5. The van der Waals surface area contributed by atoms with Gasteiger partial charge in [0.25, 0.3) is 11.8 Å². The molecular weight excluding hydrogens is 534 g/mol. The number of nitrogens with one attached hydrogen (secondary N) is 3. The number of hydrogen-bond acceptors (Lipinski definition) is 8. The molecule has 2 atom stereocenters. The Labute approximate surface area is 234 Å². The van der Waals surface area contributed by atoms with E-state index in [0.717, 1.165) is 0 Å². The first-order valence-electron chi connectivity index (χ1n) is 12.3. The van der Waals surface area contributed by atoms with Crippen molar-refractivity contribution in [2.75, 3.05) is 5.32 Å². The maximum absolute atomic E-state index is 13.0. The molecule has 0 aliphatic carbocycles. The lowest BCUT2D eigenvalue weighted by Gasteiger charge is -2.23. The number of aliphatic carboxylic acids is 1. The second-order valence-corrected chi connectivity index (χ2v) is 8.89. The third kappa shape index (κ3) is 8.48. The van der Waals surface area contributed by atoms with Crippen LogP contribution in [0.15, 0.2) is 84.9 Å². The zero-order chi connectivity index (χ0) is 29.9. The summed E-state index contributed by atoms with van der Waals surface area (Å²) in [6.45, 7) is 3.45. The van der Waals surface area contributed by atoms with Gasteiger partial charge in [-0.15, -0.1) is 0 Å². The minimum atomic E-state index is -2.27. The largest absolute Gasteiger partial charge is 0.478 e. The van der Waals surface area contributed by atoms with Crippen molar-refractivity contribution in [2.24, 2.45) is 5.92 Å². The number of rotatable bonds is 10. The van der Waals surface area contributed by atoms with Crippen LogP contribution in [0, 0.1) is 5.92 Å². The Bertz CT molecular complexity index is 1410. The summed E-state index contributed by atoms with van der Waals surface area (Å²) in [5.41, 5.74) is 4.62. The zero-order valence-electron chi connectivity index (χ0n) is 22.0. The number of carboxylic acid groups (broad SMARTS) is 1. The molecule has 0 unspecified atom stereocenters. The van der Waals surface area contributed by atoms with E-state index in [4.69, 9.17) is 9.47 Å². The highest BCUT2D eigenvalue weighted by Gasteiger charge is 2.41. The number of carbonyl (C=O) groups excluding carboxylic acids is 5. The first kappa shape index (κ1) is 30.0. The number of esters is 2. The van der Waals surface area contributed by atoms with Gasteiger partial charge in [-0.2, -0.15) is 0 Å². The third-order valence-corrected chi connectivity index (χ3v) is 5.50. The molecule has 3 rings (SSSR count). The van der Waals surface area contributed by atoms with Crippen molar-refractivity contribution in [1.29, 1.82) is 0 Å². The van der Waals surface area contributed by atoms with Crippen LogP contribution in [0.2, 0.25) is 0 Å². The molecule has 12 nitrogen and oxygen atoms in total. The van der Waals surface area contributed by atoms with Gasteiger partial charge in [-0.05, 0) is 48.5 Å². The van der Waals surface area contributed by atoms with Gasteiger partial charge in [-0.1, -0.05) is 50.2 Å². The Balaban J connectivity index is 1.76. The van der Waals surface area contributed by atoms with E-state index < -0.39 is 41.9 Å². The second kappa shape index (κ2) is 14.0. The smallest absolute Gasteiger partial charge is 0.349 e. The van der Waals surface area contributed by atoms with Crippen molar-refractivity contribution >= 4 is 41.3 Å². The van der Waals surface area contributed by atoms with E-state index in [1.54, 1.807) is 26.0 Å². The predicted octanol–water partition coefficient (Wildman–Crippen LogP) is 2.58. The van der Waals surface area contributed by atoms with Crippen LogP contribution in [0.1, 0.15) is 44.9 Å². The van der Waals surface area contributed by atoms with Gasteiger partial charge in [-0.3, -0.25) is 25.2 Å². The topological polar surface area (TPSA) is 177 Å². The number of benzene rings is 3. The molecule has 0 radical (unpaired) electrons. The molecule has 0 spiro atoms. The van der Waals surface area contributed by atoms with Crippen molar-refractivity contribution in [2.45, 2.75) is 26.1 Å². The molecule has 0 saturated heterocycles. The average Bonchev–Trinajstić information content (AvgIpc) is 2.98. The van der Waals surface area contributed by atoms with Crippen LogP contribution in [0.3, 0.4) is 0 Å². The van der Waals surface area contributed by atoms with Crippen molar-refractivity contribution in [3.63, 3.8) is 0 Å². The van der Waals surface area contributed by atoms with Crippen LogP contribution in [0.25, 0.3) is 0 Å². The molecule has 12 heteroatoms. The molecule has 0 heterocycles. The summed E-state index contributed by atoms with van der Waals surface area (Å²) in [7, 11) is 0. The maximum atomic E-state index is 13.0. The summed E-state index contributed by atoms with van der Waals surface area (Å²) < 4.78 is 10.2. The van der Waals surface area contributed by atoms with E-state index in [1.807, 2.05) is 5.43 Å². The fourth-order valence-corrected chi connectivity index (χ4v) is 3.26. The second-order valence-electron chi connectivity index (χ2n) is 8.89. The van der Waals surface area contributed by atoms with Crippen LogP contribution in [-0.2, 0) is 23.9 Å². The van der Waals surface area contributed by atoms with Gasteiger partial charge in [0.15, 0.2) is 0 Å². The van der Waals surface area contributed by atoms with Gasteiger partial charge in [0, 0.05) is 17.2 Å². The molecule has 0 bridgehead atoms. The van der Waals surface area contributed by atoms with E-state index in [9.17, 15) is 33.9 Å². The van der Waals surface area contributed by atoms with Gasteiger partial charge in [-0.25, -0.2) is 14.4 Å². The zero-order valence-corrected chi connectivity index (χ0v) is 22.0. The highest BCUT2D eigenvalue weighted by atomic mass is 16.6. The number of carboxylic acids is 1. The molecule has 0 fully saturated rings. The predicted molar refractivity (Wildman–Crippen MR) is 144 cm³/mol. The molecule has 3 amide bonds. The quantitative estimate of drug-likeness (QED) is 0.214. The first-order chi connectivity index (χ1) is 19.6. The summed E-state index contributed by atoms with van der Waals surface area (Å²) >= 11 is 0. The highest BCUT2D eigenvalue weighted by Crippen LogP contribution is 2.14. The molecule has 212 valence electrons. The molecule has 4 N–H and O–H groups in total. The van der Waals surface area contributed by atoms with Crippen molar-refractivity contribution in [3.05, 3.63) is 102 Å². The van der Waals surface area contributed by atoms with Crippen molar-refractivity contribution in [1.82, 2.24) is 10.9 Å². The van der Waals surface area contributed by atoms with Crippen LogP contribution >= 0.6 is 0 Å². The molecular formula is C29H27N3O9. The summed E-state index contributed by atoms with van der Waals surface area (Å²) in [6.07, 6.45) is -4.46. The lowest BCUT2D eigenvalue weighted by molar-refractivity contribution is -0.159. The Kier molecular flexibility index (Phi) is 10.3. The SMILES string of the molecule is CC(C)C(=O)Nc1ccc(C(=O)NNC(=O)[C@H](OC(=O)c2ccccc2)[C@H](OC(=O)c2ccccc2)C(=O)O)cc1. The number of hydrogen-bond donors (Lipinski definition) is 4. The van der Waals surface area contributed by atoms with E-state index in [-0.39, 0.29) is 28.5 Å². The normalized spacial score (nSPS) is 11.9. The van der Waals surface area contributed by atoms with Crippen LogP contribution < -0.4 is 16.2 Å². The Morgan fingerprint density at radius 1 is 0.610 bits per heavy atom. The average molecular weight is 562 g/mol. The van der Waals surface area contributed by atoms with E-state index in [0.29, 0.717) is 5.69 Å².